The number of aromatic nitrogens is 2. The van der Waals surface area contributed by atoms with E-state index in [2.05, 4.69) is 13.0 Å². The molecule has 0 radical (unpaired) electrons. The Hall–Kier alpha value is -4.18. The summed E-state index contributed by atoms with van der Waals surface area (Å²) in [6.45, 7) is 3.46. The molecule has 1 fully saturated rings. The molecule has 1 atom stereocenters. The van der Waals surface area contributed by atoms with Gasteiger partial charge in [0.1, 0.15) is 18.2 Å². The highest BCUT2D eigenvalue weighted by Gasteiger charge is 2.42. The molecule has 0 N–H and O–H groups in total. The predicted octanol–water partition coefficient (Wildman–Crippen LogP) is 5.61. The minimum atomic E-state index is -4.90. The van der Waals surface area contributed by atoms with E-state index in [-0.39, 0.29) is 17.5 Å². The molecule has 10 heteroatoms. The van der Waals surface area contributed by atoms with Crippen LogP contribution in [0.25, 0.3) is 5.69 Å². The summed E-state index contributed by atoms with van der Waals surface area (Å²) in [7, 11) is 0. The quantitative estimate of drug-likeness (QED) is 0.306. The van der Waals surface area contributed by atoms with Gasteiger partial charge in [-0.25, -0.2) is 9.37 Å². The third-order valence-corrected chi connectivity index (χ3v) is 6.72. The molecule has 3 aromatic rings. The Kier molecular flexibility index (Phi) is 6.79. The van der Waals surface area contributed by atoms with Crippen molar-refractivity contribution in [2.75, 3.05) is 6.54 Å². The van der Waals surface area contributed by atoms with Crippen molar-refractivity contribution in [2.24, 2.45) is 0 Å². The first-order valence-corrected chi connectivity index (χ1v) is 11.6. The molecule has 1 aliphatic carbocycles. The van der Waals surface area contributed by atoms with Gasteiger partial charge in [-0.05, 0) is 61.7 Å². The third-order valence-electron chi connectivity index (χ3n) is 6.72. The Balaban J connectivity index is 1.68. The SMILES string of the molecule is C[C@H](c1nc(C2(C)CC2)cn1-c1ccc(C#N)cc1)N(CC#N)C(=O)Cc1ccc(F)c(C(F)(F)F)c1. The molecule has 0 saturated heterocycles. The van der Waals surface area contributed by atoms with Crippen molar-refractivity contribution in [1.82, 2.24) is 14.5 Å². The van der Waals surface area contributed by atoms with Crippen molar-refractivity contribution >= 4 is 5.91 Å². The van der Waals surface area contributed by atoms with Crippen LogP contribution in [-0.4, -0.2) is 26.9 Å². The van der Waals surface area contributed by atoms with Gasteiger partial charge in [-0.15, -0.1) is 0 Å². The molecule has 2 aromatic carbocycles. The fourth-order valence-corrected chi connectivity index (χ4v) is 4.16. The van der Waals surface area contributed by atoms with Crippen LogP contribution in [-0.2, 0) is 22.8 Å². The number of hydrogen-bond acceptors (Lipinski definition) is 4. The number of alkyl halides is 3. The smallest absolute Gasteiger partial charge is 0.319 e. The fraction of sp³-hybridized carbons (Fsp3) is 0.333. The monoisotopic (exact) mass is 509 g/mol. The van der Waals surface area contributed by atoms with Crippen LogP contribution in [0.3, 0.4) is 0 Å². The van der Waals surface area contributed by atoms with Gasteiger partial charge in [0.15, 0.2) is 0 Å². The molecule has 0 bridgehead atoms. The maximum Gasteiger partial charge on any atom is 0.419 e. The van der Waals surface area contributed by atoms with E-state index in [1.54, 1.807) is 31.2 Å². The first kappa shape index (κ1) is 25.9. The number of carbonyl (C=O) groups is 1. The molecule has 1 aromatic heterocycles. The summed E-state index contributed by atoms with van der Waals surface area (Å²) in [5, 5.41) is 18.5. The second-order valence-corrected chi connectivity index (χ2v) is 9.42. The summed E-state index contributed by atoms with van der Waals surface area (Å²) in [6, 6.07) is 12.6. The van der Waals surface area contributed by atoms with E-state index in [9.17, 15) is 27.6 Å². The average Bonchev–Trinajstić information content (AvgIpc) is 3.45. The minimum absolute atomic E-state index is 0.0181. The number of nitrogens with zero attached hydrogens (tertiary/aromatic N) is 5. The van der Waals surface area contributed by atoms with Crippen LogP contribution in [0.5, 0.6) is 0 Å². The van der Waals surface area contributed by atoms with Crippen LogP contribution >= 0.6 is 0 Å². The average molecular weight is 510 g/mol. The lowest BCUT2D eigenvalue weighted by Crippen LogP contribution is -2.36. The first-order chi connectivity index (χ1) is 17.5. The Labute approximate surface area is 211 Å². The predicted molar refractivity (Wildman–Crippen MR) is 126 cm³/mol. The topological polar surface area (TPSA) is 85.7 Å². The lowest BCUT2D eigenvalue weighted by atomic mass is 10.1. The molecule has 6 nitrogen and oxygen atoms in total. The molecule has 0 unspecified atom stereocenters. The Morgan fingerprint density at radius 1 is 1.19 bits per heavy atom. The van der Waals surface area contributed by atoms with Gasteiger partial charge in [-0.3, -0.25) is 4.79 Å². The van der Waals surface area contributed by atoms with Crippen LogP contribution in [0.2, 0.25) is 0 Å². The zero-order chi connectivity index (χ0) is 27.0. The van der Waals surface area contributed by atoms with E-state index in [1.165, 1.54) is 4.90 Å². The van der Waals surface area contributed by atoms with Crippen molar-refractivity contribution in [3.63, 3.8) is 0 Å². The van der Waals surface area contributed by atoms with Gasteiger partial charge in [0.2, 0.25) is 5.91 Å². The van der Waals surface area contributed by atoms with Gasteiger partial charge in [0.05, 0.1) is 41.4 Å². The Bertz CT molecular complexity index is 1410. The molecule has 190 valence electrons. The number of halogens is 4. The lowest BCUT2D eigenvalue weighted by molar-refractivity contribution is -0.140. The van der Waals surface area contributed by atoms with E-state index in [4.69, 9.17) is 10.2 Å². The molecule has 1 heterocycles. The van der Waals surface area contributed by atoms with Gasteiger partial charge in [-0.1, -0.05) is 13.0 Å². The maximum atomic E-state index is 13.7. The third kappa shape index (κ3) is 5.34. The van der Waals surface area contributed by atoms with Crippen molar-refractivity contribution in [3.05, 3.63) is 82.7 Å². The molecule has 1 aliphatic rings. The molecule has 0 spiro atoms. The van der Waals surface area contributed by atoms with Crippen molar-refractivity contribution in [1.29, 1.82) is 10.5 Å². The van der Waals surface area contributed by atoms with Crippen molar-refractivity contribution in [3.8, 4) is 17.8 Å². The second kappa shape index (κ2) is 9.70. The van der Waals surface area contributed by atoms with Crippen LogP contribution in [0.15, 0.2) is 48.7 Å². The maximum absolute atomic E-state index is 13.7. The zero-order valence-corrected chi connectivity index (χ0v) is 20.2. The number of amides is 1. The number of hydrogen-bond donors (Lipinski definition) is 0. The van der Waals surface area contributed by atoms with Crippen molar-refractivity contribution < 1.29 is 22.4 Å². The van der Waals surface area contributed by atoms with Crippen molar-refractivity contribution in [2.45, 2.75) is 50.7 Å². The number of rotatable bonds is 7. The number of carbonyl (C=O) groups excluding carboxylic acids is 1. The minimum Gasteiger partial charge on any atom is -0.319 e. The molecule has 1 amide bonds. The summed E-state index contributed by atoms with van der Waals surface area (Å²) in [6.07, 6.45) is -1.55. The summed E-state index contributed by atoms with van der Waals surface area (Å²) in [5.74, 6) is -1.54. The second-order valence-electron chi connectivity index (χ2n) is 9.42. The highest BCUT2D eigenvalue weighted by Crippen LogP contribution is 2.47. The molecule has 0 aliphatic heterocycles. The van der Waals surface area contributed by atoms with E-state index < -0.39 is 35.9 Å². The number of benzene rings is 2. The first-order valence-electron chi connectivity index (χ1n) is 11.6. The summed E-state index contributed by atoms with van der Waals surface area (Å²) in [5.41, 5.74) is 0.454. The highest BCUT2D eigenvalue weighted by molar-refractivity contribution is 5.79. The Morgan fingerprint density at radius 2 is 1.86 bits per heavy atom. The van der Waals surface area contributed by atoms with E-state index in [0.29, 0.717) is 29.2 Å². The van der Waals surface area contributed by atoms with Crippen LogP contribution < -0.4 is 0 Å². The largest absolute Gasteiger partial charge is 0.419 e. The van der Waals surface area contributed by atoms with E-state index in [1.807, 2.05) is 16.8 Å². The highest BCUT2D eigenvalue weighted by atomic mass is 19.4. The standard InChI is InChI=1S/C27H23F4N5O/c1-17(35(12-11-32)24(37)14-19-5-8-22(28)21(13-19)27(29,30)31)25-34-23(26(2)9-10-26)16-36(25)20-6-3-18(15-33)4-7-20/h3-8,13,16-17H,9-10,12,14H2,1-2H3/t17-/m1/s1. The molecular weight excluding hydrogens is 486 g/mol. The molecule has 1 saturated carbocycles. The summed E-state index contributed by atoms with van der Waals surface area (Å²) in [4.78, 5) is 19.3. The summed E-state index contributed by atoms with van der Waals surface area (Å²) >= 11 is 0. The van der Waals surface area contributed by atoms with Gasteiger partial charge >= 0.3 is 6.18 Å². The van der Waals surface area contributed by atoms with Crippen LogP contribution in [0.4, 0.5) is 17.6 Å². The number of nitriles is 2. The van der Waals surface area contributed by atoms with Gasteiger partial charge < -0.3 is 9.47 Å². The van der Waals surface area contributed by atoms with Crippen LogP contribution in [0, 0.1) is 28.5 Å². The number of imidazole rings is 1. The van der Waals surface area contributed by atoms with Crippen LogP contribution in [0.1, 0.15) is 60.9 Å². The summed E-state index contributed by atoms with van der Waals surface area (Å²) < 4.78 is 54.9. The molecular formula is C27H23F4N5O. The van der Waals surface area contributed by atoms with Gasteiger partial charge in [0, 0.05) is 17.3 Å². The normalized spacial score (nSPS) is 14.9. The van der Waals surface area contributed by atoms with E-state index in [0.717, 1.165) is 24.6 Å². The zero-order valence-electron chi connectivity index (χ0n) is 20.2. The lowest BCUT2D eigenvalue weighted by Gasteiger charge is -2.27. The molecule has 37 heavy (non-hydrogen) atoms. The molecule has 4 rings (SSSR count). The van der Waals surface area contributed by atoms with Gasteiger partial charge in [0.25, 0.3) is 0 Å². The Morgan fingerprint density at radius 3 is 2.43 bits per heavy atom. The van der Waals surface area contributed by atoms with E-state index >= 15 is 0 Å². The fourth-order valence-electron chi connectivity index (χ4n) is 4.16. The van der Waals surface area contributed by atoms with Gasteiger partial charge in [-0.2, -0.15) is 23.7 Å².